The number of rotatable bonds is 2. The monoisotopic (exact) mass is 233 g/mol. The van der Waals surface area contributed by atoms with Crippen molar-refractivity contribution in [3.8, 4) is 0 Å². The Kier molecular flexibility index (Phi) is 4.36. The van der Waals surface area contributed by atoms with Crippen LogP contribution in [0.3, 0.4) is 0 Å². The number of carbonyl (C=O) groups excluding carboxylic acids is 3. The first kappa shape index (κ1) is 11.8. The van der Waals surface area contributed by atoms with E-state index >= 15 is 0 Å². The van der Waals surface area contributed by atoms with E-state index in [4.69, 9.17) is 11.6 Å². The predicted molar refractivity (Wildman–Crippen MR) is 53.4 cm³/mol. The van der Waals surface area contributed by atoms with Crippen LogP contribution in [0.5, 0.6) is 0 Å². The molecule has 0 aromatic heterocycles. The standard InChI is InChI=1S/C8H12ClN3O3/c9-4-6(13)12-8(15)11-5-2-1-3-10-7(5)14/h5H,1-4H2,(H,10,14)(H2,11,12,13,15). The van der Waals surface area contributed by atoms with E-state index < -0.39 is 18.0 Å². The minimum Gasteiger partial charge on any atom is -0.354 e. The van der Waals surface area contributed by atoms with Crippen molar-refractivity contribution in [1.29, 1.82) is 0 Å². The van der Waals surface area contributed by atoms with Crippen molar-refractivity contribution in [2.45, 2.75) is 18.9 Å². The Morgan fingerprint density at radius 2 is 2.27 bits per heavy atom. The second-order valence-corrected chi connectivity index (χ2v) is 3.41. The van der Waals surface area contributed by atoms with Gasteiger partial charge in [-0.1, -0.05) is 0 Å². The van der Waals surface area contributed by atoms with Crippen LogP contribution in [0.1, 0.15) is 12.8 Å². The first-order valence-electron chi connectivity index (χ1n) is 4.57. The van der Waals surface area contributed by atoms with Crippen molar-refractivity contribution in [1.82, 2.24) is 16.0 Å². The van der Waals surface area contributed by atoms with Gasteiger partial charge in [-0.15, -0.1) is 11.6 Å². The molecule has 0 saturated carbocycles. The van der Waals surface area contributed by atoms with E-state index in [2.05, 4.69) is 10.6 Å². The second kappa shape index (κ2) is 5.55. The molecule has 1 aliphatic heterocycles. The molecule has 0 radical (unpaired) electrons. The molecule has 1 rings (SSSR count). The fourth-order valence-corrected chi connectivity index (χ4v) is 1.33. The maximum absolute atomic E-state index is 11.2. The Bertz CT molecular complexity index is 282. The summed E-state index contributed by atoms with van der Waals surface area (Å²) < 4.78 is 0. The van der Waals surface area contributed by atoms with Crippen LogP contribution in [0.4, 0.5) is 4.79 Å². The average Bonchev–Trinajstić information content (AvgIpc) is 2.21. The summed E-state index contributed by atoms with van der Waals surface area (Å²) in [6.07, 6.45) is 1.38. The smallest absolute Gasteiger partial charge is 0.322 e. The summed E-state index contributed by atoms with van der Waals surface area (Å²) in [6.45, 7) is 0.624. The predicted octanol–water partition coefficient (Wildman–Crippen LogP) is -0.670. The highest BCUT2D eigenvalue weighted by molar-refractivity contribution is 6.28. The molecule has 1 saturated heterocycles. The summed E-state index contributed by atoms with van der Waals surface area (Å²) >= 11 is 5.20. The highest BCUT2D eigenvalue weighted by Crippen LogP contribution is 2.02. The third-order valence-electron chi connectivity index (χ3n) is 1.96. The van der Waals surface area contributed by atoms with Gasteiger partial charge in [-0.25, -0.2) is 4.79 Å². The number of carbonyl (C=O) groups is 3. The van der Waals surface area contributed by atoms with Gasteiger partial charge in [0.1, 0.15) is 11.9 Å². The molecule has 1 unspecified atom stereocenters. The molecular weight excluding hydrogens is 222 g/mol. The van der Waals surface area contributed by atoms with Gasteiger partial charge in [0.15, 0.2) is 0 Å². The average molecular weight is 234 g/mol. The summed E-state index contributed by atoms with van der Waals surface area (Å²) in [5.74, 6) is -1.11. The minimum absolute atomic E-state index is 0.227. The number of halogens is 1. The zero-order valence-corrected chi connectivity index (χ0v) is 8.76. The zero-order valence-electron chi connectivity index (χ0n) is 8.01. The van der Waals surface area contributed by atoms with Crippen molar-refractivity contribution in [3.05, 3.63) is 0 Å². The third-order valence-corrected chi connectivity index (χ3v) is 2.21. The molecule has 84 valence electrons. The van der Waals surface area contributed by atoms with Crippen LogP contribution in [-0.2, 0) is 9.59 Å². The van der Waals surface area contributed by atoms with Crippen LogP contribution >= 0.6 is 11.6 Å². The number of alkyl halides is 1. The van der Waals surface area contributed by atoms with Gasteiger partial charge >= 0.3 is 6.03 Å². The molecule has 0 aliphatic carbocycles. The fraction of sp³-hybridized carbons (Fsp3) is 0.625. The molecule has 0 aromatic carbocycles. The maximum Gasteiger partial charge on any atom is 0.322 e. The van der Waals surface area contributed by atoms with Gasteiger partial charge in [-0.3, -0.25) is 14.9 Å². The first-order valence-corrected chi connectivity index (χ1v) is 5.11. The van der Waals surface area contributed by atoms with Crippen molar-refractivity contribution >= 4 is 29.4 Å². The second-order valence-electron chi connectivity index (χ2n) is 3.14. The van der Waals surface area contributed by atoms with Crippen LogP contribution in [0.15, 0.2) is 0 Å². The third kappa shape index (κ3) is 3.75. The SMILES string of the molecule is O=C(CCl)NC(=O)NC1CCCNC1=O. The lowest BCUT2D eigenvalue weighted by Crippen LogP contribution is -2.53. The summed E-state index contributed by atoms with van der Waals surface area (Å²) in [6, 6.07) is -1.26. The van der Waals surface area contributed by atoms with Gasteiger partial charge in [0.2, 0.25) is 11.8 Å². The molecule has 0 bridgehead atoms. The van der Waals surface area contributed by atoms with E-state index in [1.165, 1.54) is 0 Å². The lowest BCUT2D eigenvalue weighted by Gasteiger charge is -2.22. The van der Waals surface area contributed by atoms with Crippen LogP contribution < -0.4 is 16.0 Å². The largest absolute Gasteiger partial charge is 0.354 e. The van der Waals surface area contributed by atoms with Crippen molar-refractivity contribution in [3.63, 3.8) is 0 Å². The van der Waals surface area contributed by atoms with Crippen molar-refractivity contribution < 1.29 is 14.4 Å². The van der Waals surface area contributed by atoms with Crippen LogP contribution in [-0.4, -0.2) is 36.3 Å². The van der Waals surface area contributed by atoms with E-state index in [9.17, 15) is 14.4 Å². The molecule has 6 nitrogen and oxygen atoms in total. The molecule has 3 N–H and O–H groups in total. The van der Waals surface area contributed by atoms with Gasteiger partial charge in [0.05, 0.1) is 0 Å². The van der Waals surface area contributed by atoms with Gasteiger partial charge < -0.3 is 10.6 Å². The lowest BCUT2D eigenvalue weighted by molar-refractivity contribution is -0.124. The Morgan fingerprint density at radius 1 is 1.53 bits per heavy atom. The Labute approximate surface area is 91.7 Å². The number of hydrogen-bond donors (Lipinski definition) is 3. The first-order chi connectivity index (χ1) is 7.13. The van der Waals surface area contributed by atoms with E-state index in [1.807, 2.05) is 5.32 Å². The van der Waals surface area contributed by atoms with Gasteiger partial charge in [-0.2, -0.15) is 0 Å². The number of urea groups is 1. The van der Waals surface area contributed by atoms with Gasteiger partial charge in [0.25, 0.3) is 0 Å². The zero-order chi connectivity index (χ0) is 11.3. The van der Waals surface area contributed by atoms with Gasteiger partial charge in [0, 0.05) is 6.54 Å². The Balaban J connectivity index is 2.36. The van der Waals surface area contributed by atoms with Gasteiger partial charge in [-0.05, 0) is 12.8 Å². The Morgan fingerprint density at radius 3 is 2.87 bits per heavy atom. The topological polar surface area (TPSA) is 87.3 Å². The molecule has 1 atom stereocenters. The molecule has 1 fully saturated rings. The molecule has 7 heteroatoms. The molecule has 1 heterocycles. The summed E-state index contributed by atoms with van der Waals surface area (Å²) in [5.41, 5.74) is 0. The van der Waals surface area contributed by atoms with Crippen molar-refractivity contribution in [2.24, 2.45) is 0 Å². The van der Waals surface area contributed by atoms with E-state index in [0.717, 1.165) is 6.42 Å². The fourth-order valence-electron chi connectivity index (χ4n) is 1.26. The lowest BCUT2D eigenvalue weighted by atomic mass is 10.1. The van der Waals surface area contributed by atoms with Crippen LogP contribution in [0, 0.1) is 0 Å². The molecule has 0 spiro atoms. The number of imide groups is 1. The highest BCUT2D eigenvalue weighted by atomic mass is 35.5. The molecular formula is C8H12ClN3O3. The number of amides is 4. The maximum atomic E-state index is 11.2. The van der Waals surface area contributed by atoms with Crippen molar-refractivity contribution in [2.75, 3.05) is 12.4 Å². The quantitative estimate of drug-likeness (QED) is 0.553. The van der Waals surface area contributed by atoms with E-state index in [1.54, 1.807) is 0 Å². The van der Waals surface area contributed by atoms with E-state index in [0.29, 0.717) is 13.0 Å². The van der Waals surface area contributed by atoms with Crippen LogP contribution in [0.2, 0.25) is 0 Å². The highest BCUT2D eigenvalue weighted by Gasteiger charge is 2.23. The molecule has 0 aromatic rings. The minimum atomic E-state index is -0.692. The summed E-state index contributed by atoms with van der Waals surface area (Å²) in [4.78, 5) is 33.1. The van der Waals surface area contributed by atoms with E-state index in [-0.39, 0.29) is 11.8 Å². The summed E-state index contributed by atoms with van der Waals surface area (Å²) in [7, 11) is 0. The molecule has 4 amide bonds. The normalized spacial score (nSPS) is 20.3. The molecule has 15 heavy (non-hydrogen) atoms. The number of hydrogen-bond acceptors (Lipinski definition) is 3. The van der Waals surface area contributed by atoms with Crippen LogP contribution in [0.25, 0.3) is 0 Å². The summed E-state index contributed by atoms with van der Waals surface area (Å²) in [5, 5.41) is 7.00. The number of nitrogens with one attached hydrogen (secondary N) is 3. The Hall–Kier alpha value is -1.30. The molecule has 1 aliphatic rings. The number of piperidine rings is 1.